The van der Waals surface area contributed by atoms with Gasteiger partial charge >= 0.3 is 6.36 Å². The van der Waals surface area contributed by atoms with Gasteiger partial charge in [-0.15, -0.1) is 13.2 Å². The number of carbonyl (C=O) groups is 1. The molecule has 24 heavy (non-hydrogen) atoms. The quantitative estimate of drug-likeness (QED) is 0.928. The number of anilines is 1. The Hall–Kier alpha value is -2.90. The number of ether oxygens (including phenoxy) is 3. The third-order valence-corrected chi connectivity index (χ3v) is 3.15. The standard InChI is InChI=1S/C16H12F3NO4/c17-16(18,19)24-12-4-2-11(3-5-12)20-15(21)10-1-6-13-14(9-10)23-8-7-22-13/h1-6,9H,7-8H2,(H,20,21). The summed E-state index contributed by atoms with van der Waals surface area (Å²) in [6.07, 6.45) is -4.75. The third kappa shape index (κ3) is 3.89. The second-order valence-electron chi connectivity index (χ2n) is 4.88. The van der Waals surface area contributed by atoms with E-state index in [9.17, 15) is 18.0 Å². The van der Waals surface area contributed by atoms with E-state index in [4.69, 9.17) is 9.47 Å². The van der Waals surface area contributed by atoms with Crippen molar-refractivity contribution >= 4 is 11.6 Å². The second-order valence-corrected chi connectivity index (χ2v) is 4.88. The maximum atomic E-state index is 12.2. The summed E-state index contributed by atoms with van der Waals surface area (Å²) in [5, 5.41) is 2.58. The molecule has 0 radical (unpaired) electrons. The molecule has 126 valence electrons. The third-order valence-electron chi connectivity index (χ3n) is 3.15. The Morgan fingerprint density at radius 2 is 1.67 bits per heavy atom. The average Bonchev–Trinajstić information content (AvgIpc) is 2.55. The molecule has 0 fully saturated rings. The number of alkyl halides is 3. The van der Waals surface area contributed by atoms with Crippen LogP contribution in [0.2, 0.25) is 0 Å². The van der Waals surface area contributed by atoms with Gasteiger partial charge in [0.15, 0.2) is 11.5 Å². The van der Waals surface area contributed by atoms with Crippen LogP contribution in [0.3, 0.4) is 0 Å². The number of hydrogen-bond donors (Lipinski definition) is 1. The molecule has 1 aliphatic heterocycles. The fourth-order valence-corrected chi connectivity index (χ4v) is 2.13. The SMILES string of the molecule is O=C(Nc1ccc(OC(F)(F)F)cc1)c1ccc2c(c1)OCCO2. The zero-order valence-electron chi connectivity index (χ0n) is 12.2. The fraction of sp³-hybridized carbons (Fsp3) is 0.188. The van der Waals surface area contributed by atoms with Gasteiger partial charge in [-0.2, -0.15) is 0 Å². The fourth-order valence-electron chi connectivity index (χ4n) is 2.13. The summed E-state index contributed by atoms with van der Waals surface area (Å²) >= 11 is 0. The summed E-state index contributed by atoms with van der Waals surface area (Å²) in [5.74, 6) is 0.255. The van der Waals surface area contributed by atoms with Gasteiger partial charge in [0.05, 0.1) is 0 Å². The van der Waals surface area contributed by atoms with Crippen molar-refractivity contribution in [1.29, 1.82) is 0 Å². The van der Waals surface area contributed by atoms with Gasteiger partial charge in [-0.3, -0.25) is 4.79 Å². The van der Waals surface area contributed by atoms with E-state index in [-0.39, 0.29) is 5.75 Å². The molecule has 0 atom stereocenters. The lowest BCUT2D eigenvalue weighted by molar-refractivity contribution is -0.274. The molecule has 0 saturated heterocycles. The van der Waals surface area contributed by atoms with E-state index in [1.165, 1.54) is 12.1 Å². The minimum absolute atomic E-state index is 0.337. The first-order valence-electron chi connectivity index (χ1n) is 6.97. The van der Waals surface area contributed by atoms with Crippen molar-refractivity contribution in [1.82, 2.24) is 0 Å². The molecule has 1 amide bonds. The predicted octanol–water partition coefficient (Wildman–Crippen LogP) is 3.61. The summed E-state index contributed by atoms with van der Waals surface area (Å²) in [4.78, 5) is 12.2. The highest BCUT2D eigenvalue weighted by atomic mass is 19.4. The van der Waals surface area contributed by atoms with E-state index in [0.717, 1.165) is 12.1 Å². The van der Waals surface area contributed by atoms with Crippen LogP contribution in [0.1, 0.15) is 10.4 Å². The molecule has 1 aliphatic rings. The van der Waals surface area contributed by atoms with Gasteiger partial charge < -0.3 is 19.5 Å². The van der Waals surface area contributed by atoms with Gasteiger partial charge in [0.2, 0.25) is 0 Å². The Kier molecular flexibility index (Phi) is 4.20. The second kappa shape index (κ2) is 6.31. The van der Waals surface area contributed by atoms with Crippen LogP contribution < -0.4 is 19.5 Å². The highest BCUT2D eigenvalue weighted by molar-refractivity contribution is 6.04. The van der Waals surface area contributed by atoms with Gasteiger partial charge in [-0.25, -0.2) is 0 Å². The summed E-state index contributed by atoms with van der Waals surface area (Å²) < 4.78 is 50.8. The van der Waals surface area contributed by atoms with Crippen molar-refractivity contribution in [2.45, 2.75) is 6.36 Å². The van der Waals surface area contributed by atoms with Gasteiger partial charge in [0, 0.05) is 11.3 Å². The Bertz CT molecular complexity index is 744. The van der Waals surface area contributed by atoms with E-state index < -0.39 is 12.3 Å². The molecule has 0 unspecified atom stereocenters. The minimum Gasteiger partial charge on any atom is -0.486 e. The summed E-state index contributed by atoms with van der Waals surface area (Å²) in [7, 11) is 0. The zero-order chi connectivity index (χ0) is 17.2. The number of hydrogen-bond acceptors (Lipinski definition) is 4. The zero-order valence-corrected chi connectivity index (χ0v) is 12.2. The van der Waals surface area contributed by atoms with E-state index in [2.05, 4.69) is 10.1 Å². The molecule has 2 aromatic rings. The van der Waals surface area contributed by atoms with Crippen molar-refractivity contribution in [3.8, 4) is 17.2 Å². The average molecular weight is 339 g/mol. The largest absolute Gasteiger partial charge is 0.573 e. The summed E-state index contributed by atoms with van der Waals surface area (Å²) in [6.45, 7) is 0.851. The monoisotopic (exact) mass is 339 g/mol. The molecule has 1 N–H and O–H groups in total. The lowest BCUT2D eigenvalue weighted by atomic mass is 10.1. The molecular weight excluding hydrogens is 327 g/mol. The number of nitrogens with one attached hydrogen (secondary N) is 1. The Balaban J connectivity index is 1.68. The van der Waals surface area contributed by atoms with Crippen LogP contribution in [0, 0.1) is 0 Å². The normalized spacial score (nSPS) is 13.3. The van der Waals surface area contributed by atoms with E-state index >= 15 is 0 Å². The number of rotatable bonds is 3. The summed E-state index contributed by atoms with van der Waals surface area (Å²) in [6, 6.07) is 9.62. The predicted molar refractivity (Wildman–Crippen MR) is 78.5 cm³/mol. The molecular formula is C16H12F3NO4. The number of amides is 1. The first kappa shape index (κ1) is 16.0. The summed E-state index contributed by atoms with van der Waals surface area (Å²) in [5.41, 5.74) is 0.680. The van der Waals surface area contributed by atoms with E-state index in [1.807, 2.05) is 0 Å². The molecule has 5 nitrogen and oxygen atoms in total. The molecule has 0 saturated carbocycles. The lowest BCUT2D eigenvalue weighted by Crippen LogP contribution is -2.17. The van der Waals surface area contributed by atoms with Gasteiger partial charge in [0.1, 0.15) is 19.0 Å². The van der Waals surface area contributed by atoms with Crippen LogP contribution in [-0.2, 0) is 0 Å². The van der Waals surface area contributed by atoms with Crippen LogP contribution in [-0.4, -0.2) is 25.5 Å². The molecule has 1 heterocycles. The van der Waals surface area contributed by atoms with Gasteiger partial charge in [-0.05, 0) is 42.5 Å². The highest BCUT2D eigenvalue weighted by Gasteiger charge is 2.31. The van der Waals surface area contributed by atoms with E-state index in [0.29, 0.717) is 36.0 Å². The lowest BCUT2D eigenvalue weighted by Gasteiger charge is -2.18. The van der Waals surface area contributed by atoms with Crippen LogP contribution in [0.4, 0.5) is 18.9 Å². The van der Waals surface area contributed by atoms with Crippen molar-refractivity contribution in [2.24, 2.45) is 0 Å². The van der Waals surface area contributed by atoms with Crippen LogP contribution in [0.5, 0.6) is 17.2 Å². The Labute approximate surface area is 134 Å². The molecule has 0 spiro atoms. The molecule has 8 heteroatoms. The smallest absolute Gasteiger partial charge is 0.486 e. The van der Waals surface area contributed by atoms with Crippen molar-refractivity contribution in [2.75, 3.05) is 18.5 Å². The number of halogens is 3. The number of fused-ring (bicyclic) bond motifs is 1. The van der Waals surface area contributed by atoms with Gasteiger partial charge in [0.25, 0.3) is 5.91 Å². The number of benzene rings is 2. The molecule has 0 bridgehead atoms. The maximum absolute atomic E-state index is 12.2. The van der Waals surface area contributed by atoms with Crippen molar-refractivity contribution in [3.05, 3.63) is 48.0 Å². The molecule has 0 aromatic heterocycles. The van der Waals surface area contributed by atoms with Crippen LogP contribution in [0.15, 0.2) is 42.5 Å². The Morgan fingerprint density at radius 1 is 1.00 bits per heavy atom. The first-order chi connectivity index (χ1) is 11.4. The topological polar surface area (TPSA) is 56.8 Å². The van der Waals surface area contributed by atoms with E-state index in [1.54, 1.807) is 18.2 Å². The van der Waals surface area contributed by atoms with Crippen molar-refractivity contribution < 1.29 is 32.2 Å². The molecule has 3 rings (SSSR count). The van der Waals surface area contributed by atoms with Crippen LogP contribution in [0.25, 0.3) is 0 Å². The number of carbonyl (C=O) groups excluding carboxylic acids is 1. The molecule has 0 aliphatic carbocycles. The van der Waals surface area contributed by atoms with Crippen LogP contribution >= 0.6 is 0 Å². The van der Waals surface area contributed by atoms with Crippen molar-refractivity contribution in [3.63, 3.8) is 0 Å². The molecule has 2 aromatic carbocycles. The highest BCUT2D eigenvalue weighted by Crippen LogP contribution is 2.31. The van der Waals surface area contributed by atoms with Gasteiger partial charge in [-0.1, -0.05) is 0 Å². The Morgan fingerprint density at radius 3 is 2.33 bits per heavy atom. The first-order valence-corrected chi connectivity index (χ1v) is 6.97. The maximum Gasteiger partial charge on any atom is 0.573 e. The minimum atomic E-state index is -4.75.